The third-order valence-electron chi connectivity index (χ3n) is 2.85. The van der Waals surface area contributed by atoms with E-state index in [-0.39, 0.29) is 11.5 Å². The van der Waals surface area contributed by atoms with Crippen LogP contribution in [0.3, 0.4) is 0 Å². The van der Waals surface area contributed by atoms with E-state index in [4.69, 9.17) is 32.7 Å². The maximum atomic E-state index is 11.8. The summed E-state index contributed by atoms with van der Waals surface area (Å²) in [4.78, 5) is 23.6. The van der Waals surface area contributed by atoms with Gasteiger partial charge in [0.05, 0.1) is 0 Å². The van der Waals surface area contributed by atoms with E-state index in [0.717, 1.165) is 0 Å². The molecule has 2 aromatic rings. The lowest BCUT2D eigenvalue weighted by atomic mass is 10.2. The number of halogens is 2. The van der Waals surface area contributed by atoms with Crippen LogP contribution in [-0.2, 0) is 9.59 Å². The predicted octanol–water partition coefficient (Wildman–Crippen LogP) is 4.12. The number of hydrogen-bond donors (Lipinski definition) is 0. The summed E-state index contributed by atoms with van der Waals surface area (Å²) in [6, 6.07) is 9.39. The molecular formula is C16H12Cl2O4. The first-order chi connectivity index (χ1) is 10.4. The Morgan fingerprint density at radius 3 is 1.45 bits per heavy atom. The van der Waals surface area contributed by atoms with Gasteiger partial charge < -0.3 is 9.47 Å². The molecule has 0 aromatic heterocycles. The van der Waals surface area contributed by atoms with E-state index in [1.807, 2.05) is 0 Å². The molecule has 2 rings (SSSR count). The minimum atomic E-state index is -1.11. The van der Waals surface area contributed by atoms with Gasteiger partial charge in [-0.25, -0.2) is 9.59 Å². The number of ether oxygens (including phenoxy) is 2. The largest absolute Gasteiger partial charge is 0.423 e. The number of carbonyl (C=O) groups is 2. The Hall–Kier alpha value is -2.04. The van der Waals surface area contributed by atoms with Crippen LogP contribution in [0.5, 0.6) is 11.5 Å². The standard InChI is InChI=1S/C16H12Cl2O4/c1-9-7-11(17)3-5-13(9)21-15(19)16(20)22-14-6-4-12(18)8-10(14)2/h3-8H,1-2H3. The highest BCUT2D eigenvalue weighted by Gasteiger charge is 2.21. The van der Waals surface area contributed by atoms with Crippen LogP contribution in [0, 0.1) is 13.8 Å². The second-order valence-electron chi connectivity index (χ2n) is 4.60. The van der Waals surface area contributed by atoms with Crippen molar-refractivity contribution in [1.29, 1.82) is 0 Å². The molecule has 0 aliphatic heterocycles. The van der Waals surface area contributed by atoms with Crippen molar-refractivity contribution in [3.63, 3.8) is 0 Å². The van der Waals surface area contributed by atoms with E-state index in [1.165, 1.54) is 12.1 Å². The first kappa shape index (κ1) is 16.3. The smallest absolute Gasteiger partial charge is 0.418 e. The first-order valence-electron chi connectivity index (χ1n) is 6.33. The summed E-state index contributed by atoms with van der Waals surface area (Å²) in [5.41, 5.74) is 1.27. The van der Waals surface area contributed by atoms with Gasteiger partial charge in [0.1, 0.15) is 11.5 Å². The molecular weight excluding hydrogens is 327 g/mol. The maximum Gasteiger partial charge on any atom is 0.423 e. The highest BCUT2D eigenvalue weighted by Crippen LogP contribution is 2.24. The second-order valence-corrected chi connectivity index (χ2v) is 5.47. The van der Waals surface area contributed by atoms with Crippen molar-refractivity contribution in [2.24, 2.45) is 0 Å². The van der Waals surface area contributed by atoms with Crippen molar-refractivity contribution in [3.8, 4) is 11.5 Å². The normalized spacial score (nSPS) is 10.2. The molecule has 0 aliphatic rings. The van der Waals surface area contributed by atoms with Crippen LogP contribution >= 0.6 is 23.2 Å². The number of benzene rings is 2. The molecule has 2 aromatic carbocycles. The van der Waals surface area contributed by atoms with Crippen molar-refractivity contribution in [2.45, 2.75) is 13.8 Å². The van der Waals surface area contributed by atoms with Crippen LogP contribution in [0.4, 0.5) is 0 Å². The number of esters is 2. The van der Waals surface area contributed by atoms with Crippen LogP contribution in [0.25, 0.3) is 0 Å². The molecule has 0 radical (unpaired) electrons. The highest BCUT2D eigenvalue weighted by molar-refractivity contribution is 6.32. The molecule has 4 nitrogen and oxygen atoms in total. The van der Waals surface area contributed by atoms with E-state index in [1.54, 1.807) is 38.1 Å². The van der Waals surface area contributed by atoms with Gasteiger partial charge in [-0.15, -0.1) is 0 Å². The topological polar surface area (TPSA) is 52.6 Å². The molecule has 0 saturated carbocycles. The van der Waals surface area contributed by atoms with Gasteiger partial charge in [-0.2, -0.15) is 0 Å². The van der Waals surface area contributed by atoms with Gasteiger partial charge in [-0.05, 0) is 61.4 Å². The van der Waals surface area contributed by atoms with Crippen LogP contribution in [0.1, 0.15) is 11.1 Å². The molecule has 0 aliphatic carbocycles. The summed E-state index contributed by atoms with van der Waals surface area (Å²) in [6.45, 7) is 3.42. The van der Waals surface area contributed by atoms with Gasteiger partial charge in [0.2, 0.25) is 0 Å². The fraction of sp³-hybridized carbons (Fsp3) is 0.125. The van der Waals surface area contributed by atoms with E-state index in [0.29, 0.717) is 21.2 Å². The van der Waals surface area contributed by atoms with Gasteiger partial charge >= 0.3 is 11.9 Å². The monoisotopic (exact) mass is 338 g/mol. The van der Waals surface area contributed by atoms with E-state index in [2.05, 4.69) is 0 Å². The lowest BCUT2D eigenvalue weighted by Gasteiger charge is -2.09. The Bertz CT molecular complexity index is 677. The Labute approximate surface area is 137 Å². The van der Waals surface area contributed by atoms with Crippen LogP contribution in [0.2, 0.25) is 10.0 Å². The predicted molar refractivity (Wildman–Crippen MR) is 83.6 cm³/mol. The summed E-state index contributed by atoms with van der Waals surface area (Å²) in [5.74, 6) is -1.72. The highest BCUT2D eigenvalue weighted by atomic mass is 35.5. The number of hydrogen-bond acceptors (Lipinski definition) is 4. The average Bonchev–Trinajstić information content (AvgIpc) is 2.44. The Kier molecular flexibility index (Phi) is 5.06. The zero-order valence-electron chi connectivity index (χ0n) is 11.9. The molecule has 0 fully saturated rings. The van der Waals surface area contributed by atoms with E-state index >= 15 is 0 Å². The number of rotatable bonds is 2. The molecule has 0 N–H and O–H groups in total. The Balaban J connectivity index is 2.07. The van der Waals surface area contributed by atoms with Gasteiger partial charge in [-0.1, -0.05) is 23.2 Å². The summed E-state index contributed by atoms with van der Waals surface area (Å²) in [5, 5.41) is 1.02. The molecule has 0 amide bonds. The zero-order valence-corrected chi connectivity index (χ0v) is 13.4. The van der Waals surface area contributed by atoms with Crippen molar-refractivity contribution in [2.75, 3.05) is 0 Å². The minimum Gasteiger partial charge on any atom is -0.418 e. The molecule has 0 unspecified atom stereocenters. The lowest BCUT2D eigenvalue weighted by molar-refractivity contribution is -0.156. The molecule has 0 saturated heterocycles. The summed E-state index contributed by atoms with van der Waals surface area (Å²) >= 11 is 11.6. The molecule has 0 atom stereocenters. The Morgan fingerprint density at radius 1 is 0.773 bits per heavy atom. The van der Waals surface area contributed by atoms with Crippen molar-refractivity contribution in [1.82, 2.24) is 0 Å². The Morgan fingerprint density at radius 2 is 1.14 bits per heavy atom. The SMILES string of the molecule is Cc1cc(Cl)ccc1OC(=O)C(=O)Oc1ccc(Cl)cc1C. The van der Waals surface area contributed by atoms with Crippen LogP contribution in [0.15, 0.2) is 36.4 Å². The van der Waals surface area contributed by atoms with Gasteiger partial charge in [-0.3, -0.25) is 0 Å². The molecule has 0 bridgehead atoms. The summed E-state index contributed by atoms with van der Waals surface area (Å²) in [6.07, 6.45) is 0. The van der Waals surface area contributed by atoms with Gasteiger partial charge in [0.15, 0.2) is 0 Å². The second kappa shape index (κ2) is 6.81. The van der Waals surface area contributed by atoms with Crippen molar-refractivity contribution < 1.29 is 19.1 Å². The average molecular weight is 339 g/mol. The maximum absolute atomic E-state index is 11.8. The molecule has 114 valence electrons. The molecule has 0 heterocycles. The first-order valence-corrected chi connectivity index (χ1v) is 7.08. The zero-order chi connectivity index (χ0) is 16.3. The fourth-order valence-electron chi connectivity index (χ4n) is 1.74. The van der Waals surface area contributed by atoms with Crippen LogP contribution < -0.4 is 9.47 Å². The number of carbonyl (C=O) groups excluding carboxylic acids is 2. The molecule has 0 spiro atoms. The summed E-state index contributed by atoms with van der Waals surface area (Å²) < 4.78 is 10.00. The third-order valence-corrected chi connectivity index (χ3v) is 3.32. The van der Waals surface area contributed by atoms with E-state index in [9.17, 15) is 9.59 Å². The molecule has 22 heavy (non-hydrogen) atoms. The van der Waals surface area contributed by atoms with Crippen molar-refractivity contribution in [3.05, 3.63) is 57.6 Å². The van der Waals surface area contributed by atoms with Gasteiger partial charge in [0.25, 0.3) is 0 Å². The molecule has 6 heteroatoms. The van der Waals surface area contributed by atoms with E-state index < -0.39 is 11.9 Å². The quantitative estimate of drug-likeness (QED) is 0.469. The lowest BCUT2D eigenvalue weighted by Crippen LogP contribution is -2.26. The van der Waals surface area contributed by atoms with Crippen molar-refractivity contribution >= 4 is 35.1 Å². The van der Waals surface area contributed by atoms with Gasteiger partial charge in [0, 0.05) is 10.0 Å². The number of aryl methyl sites for hydroxylation is 2. The summed E-state index contributed by atoms with van der Waals surface area (Å²) in [7, 11) is 0. The van der Waals surface area contributed by atoms with Crippen LogP contribution in [-0.4, -0.2) is 11.9 Å². The fourth-order valence-corrected chi connectivity index (χ4v) is 2.19. The minimum absolute atomic E-state index is 0.249. The third kappa shape index (κ3) is 4.00.